The Hall–Kier alpha value is -2.89. The Labute approximate surface area is 139 Å². The van der Waals surface area contributed by atoms with Gasteiger partial charge in [0.25, 0.3) is 5.56 Å². The van der Waals surface area contributed by atoms with E-state index < -0.39 is 12.0 Å². The van der Waals surface area contributed by atoms with E-state index in [0.29, 0.717) is 11.3 Å². The van der Waals surface area contributed by atoms with Crippen LogP contribution in [0.25, 0.3) is 11.1 Å². The number of fused-ring (bicyclic) bond motifs is 3. The van der Waals surface area contributed by atoms with Crippen molar-refractivity contribution < 1.29 is 14.6 Å². The highest BCUT2D eigenvalue weighted by molar-refractivity contribution is 6.06. The van der Waals surface area contributed by atoms with Crippen molar-refractivity contribution in [3.05, 3.63) is 51.9 Å². The third-order valence-electron chi connectivity index (χ3n) is 4.24. The second-order valence-corrected chi connectivity index (χ2v) is 5.83. The first-order valence-electron chi connectivity index (χ1n) is 7.56. The molecule has 2 heterocycles. The summed E-state index contributed by atoms with van der Waals surface area (Å²) in [5, 5.41) is 9.22. The Morgan fingerprint density at radius 2 is 2.04 bits per heavy atom. The highest BCUT2D eigenvalue weighted by Crippen LogP contribution is 2.38. The van der Waals surface area contributed by atoms with Gasteiger partial charge >= 0.3 is 5.97 Å². The van der Waals surface area contributed by atoms with Crippen LogP contribution in [-0.2, 0) is 11.8 Å². The fourth-order valence-corrected chi connectivity index (χ4v) is 3.02. The van der Waals surface area contributed by atoms with Crippen LogP contribution in [0.1, 0.15) is 30.5 Å². The Kier molecular flexibility index (Phi) is 3.97. The summed E-state index contributed by atoms with van der Waals surface area (Å²) in [4.78, 5) is 27.9. The molecule has 3 rings (SSSR count). The quantitative estimate of drug-likeness (QED) is 0.939. The standard InChI is InChI=1S/C18H18N2O4/c1-10-13-6-11(24-3)4-5-12(13)15-9-20(2)17(21)7-14(15)16(19-10)8-18(22)23/h4-7,9,16H,8H2,1-3H3,(H,22,23). The molecule has 124 valence electrons. The van der Waals surface area contributed by atoms with Crippen molar-refractivity contribution in [3.8, 4) is 16.9 Å². The molecule has 1 unspecified atom stereocenters. The van der Waals surface area contributed by atoms with Crippen molar-refractivity contribution >= 4 is 11.7 Å². The molecule has 0 saturated carbocycles. The molecule has 1 aromatic carbocycles. The van der Waals surface area contributed by atoms with Crippen molar-refractivity contribution in [2.75, 3.05) is 7.11 Å². The van der Waals surface area contributed by atoms with Gasteiger partial charge in [-0.15, -0.1) is 0 Å². The number of carboxylic acid groups (broad SMARTS) is 1. The maximum Gasteiger partial charge on any atom is 0.305 e. The van der Waals surface area contributed by atoms with E-state index in [4.69, 9.17) is 4.74 Å². The zero-order valence-corrected chi connectivity index (χ0v) is 13.7. The average molecular weight is 326 g/mol. The first kappa shape index (κ1) is 16.0. The Morgan fingerprint density at radius 1 is 1.29 bits per heavy atom. The van der Waals surface area contributed by atoms with Gasteiger partial charge in [-0.2, -0.15) is 0 Å². The number of aliphatic carboxylic acids is 1. The highest BCUT2D eigenvalue weighted by Gasteiger charge is 2.25. The molecule has 1 aliphatic rings. The molecule has 0 spiro atoms. The molecular formula is C18H18N2O4. The summed E-state index contributed by atoms with van der Waals surface area (Å²) in [6.45, 7) is 1.84. The van der Waals surface area contributed by atoms with Gasteiger partial charge in [0.15, 0.2) is 0 Å². The monoisotopic (exact) mass is 326 g/mol. The summed E-state index contributed by atoms with van der Waals surface area (Å²) < 4.78 is 6.78. The van der Waals surface area contributed by atoms with Gasteiger partial charge in [-0.05, 0) is 36.2 Å². The van der Waals surface area contributed by atoms with E-state index in [0.717, 1.165) is 22.4 Å². The number of aryl methyl sites for hydroxylation is 1. The van der Waals surface area contributed by atoms with Gasteiger partial charge in [0.05, 0.1) is 19.6 Å². The van der Waals surface area contributed by atoms with Gasteiger partial charge in [-0.25, -0.2) is 0 Å². The number of nitrogens with zero attached hydrogens (tertiary/aromatic N) is 2. The van der Waals surface area contributed by atoms with Gasteiger partial charge in [0.2, 0.25) is 0 Å². The molecule has 6 heteroatoms. The number of hydrogen-bond donors (Lipinski definition) is 1. The van der Waals surface area contributed by atoms with E-state index in [-0.39, 0.29) is 12.0 Å². The van der Waals surface area contributed by atoms with Gasteiger partial charge in [-0.1, -0.05) is 0 Å². The lowest BCUT2D eigenvalue weighted by atomic mass is 9.93. The van der Waals surface area contributed by atoms with Gasteiger partial charge in [0, 0.05) is 36.1 Å². The highest BCUT2D eigenvalue weighted by atomic mass is 16.5. The molecule has 1 aromatic heterocycles. The van der Waals surface area contributed by atoms with Crippen LogP contribution in [0.3, 0.4) is 0 Å². The SMILES string of the molecule is COc1ccc2c(c1)C(C)=NC(CC(=O)O)c1cc(=O)n(C)cc1-2. The largest absolute Gasteiger partial charge is 0.497 e. The minimum absolute atomic E-state index is 0.164. The van der Waals surface area contributed by atoms with E-state index in [9.17, 15) is 14.7 Å². The molecule has 0 aliphatic carbocycles. The Bertz CT molecular complexity index is 912. The van der Waals surface area contributed by atoms with E-state index >= 15 is 0 Å². The smallest absolute Gasteiger partial charge is 0.305 e. The van der Waals surface area contributed by atoms with Gasteiger partial charge < -0.3 is 14.4 Å². The Morgan fingerprint density at radius 3 is 2.71 bits per heavy atom. The minimum atomic E-state index is -0.952. The van der Waals surface area contributed by atoms with Gasteiger partial charge in [-0.3, -0.25) is 14.6 Å². The van der Waals surface area contributed by atoms with Crippen molar-refractivity contribution in [1.82, 2.24) is 4.57 Å². The molecule has 1 N–H and O–H groups in total. The van der Waals surface area contributed by atoms with E-state index in [2.05, 4.69) is 4.99 Å². The van der Waals surface area contributed by atoms with E-state index in [1.165, 1.54) is 10.6 Å². The summed E-state index contributed by atoms with van der Waals surface area (Å²) in [5.41, 5.74) is 3.79. The van der Waals surface area contributed by atoms with Crippen LogP contribution in [0.4, 0.5) is 0 Å². The maximum absolute atomic E-state index is 12.1. The van der Waals surface area contributed by atoms with Gasteiger partial charge in [0.1, 0.15) is 5.75 Å². The fraction of sp³-hybridized carbons (Fsp3) is 0.278. The van der Waals surface area contributed by atoms with Crippen LogP contribution in [0.5, 0.6) is 5.75 Å². The molecule has 24 heavy (non-hydrogen) atoms. The predicted octanol–water partition coefficient (Wildman–Crippen LogP) is 2.40. The molecule has 0 amide bonds. The number of benzene rings is 1. The number of aromatic nitrogens is 1. The van der Waals surface area contributed by atoms with Crippen molar-refractivity contribution in [2.24, 2.45) is 12.0 Å². The first-order valence-corrected chi connectivity index (χ1v) is 7.56. The molecule has 0 saturated heterocycles. The third kappa shape index (κ3) is 2.71. The summed E-state index contributed by atoms with van der Waals surface area (Å²) in [6.07, 6.45) is 1.58. The van der Waals surface area contributed by atoms with Crippen LogP contribution < -0.4 is 10.3 Å². The molecule has 0 radical (unpaired) electrons. The summed E-state index contributed by atoms with van der Waals surface area (Å²) in [5.74, 6) is -0.252. The summed E-state index contributed by atoms with van der Waals surface area (Å²) in [6, 6.07) is 6.54. The lowest BCUT2D eigenvalue weighted by Crippen LogP contribution is -2.18. The summed E-state index contributed by atoms with van der Waals surface area (Å²) >= 11 is 0. The zero-order valence-electron chi connectivity index (χ0n) is 13.7. The fourth-order valence-electron chi connectivity index (χ4n) is 3.02. The maximum atomic E-state index is 12.1. The van der Waals surface area contributed by atoms with Crippen LogP contribution in [-0.4, -0.2) is 28.5 Å². The van der Waals surface area contributed by atoms with Crippen LogP contribution >= 0.6 is 0 Å². The molecule has 1 atom stereocenters. The molecule has 0 fully saturated rings. The number of pyridine rings is 1. The minimum Gasteiger partial charge on any atom is -0.497 e. The van der Waals surface area contributed by atoms with Crippen molar-refractivity contribution in [3.63, 3.8) is 0 Å². The number of aliphatic imine (C=N–C) groups is 1. The molecule has 0 bridgehead atoms. The van der Waals surface area contributed by atoms with E-state index in [1.807, 2.05) is 25.1 Å². The number of hydrogen-bond acceptors (Lipinski definition) is 4. The molecule has 1 aliphatic heterocycles. The zero-order chi connectivity index (χ0) is 17.4. The normalized spacial score (nSPS) is 15.8. The average Bonchev–Trinajstić information content (AvgIpc) is 2.64. The molecular weight excluding hydrogens is 308 g/mol. The number of ether oxygens (including phenoxy) is 1. The lowest BCUT2D eigenvalue weighted by molar-refractivity contribution is -0.137. The van der Waals surface area contributed by atoms with E-state index in [1.54, 1.807) is 20.4 Å². The molecule has 2 aromatic rings. The number of rotatable bonds is 3. The first-order chi connectivity index (χ1) is 11.4. The van der Waals surface area contributed by atoms with Crippen LogP contribution in [0.15, 0.2) is 40.2 Å². The topological polar surface area (TPSA) is 80.9 Å². The molecule has 6 nitrogen and oxygen atoms in total. The van der Waals surface area contributed by atoms with Crippen LogP contribution in [0.2, 0.25) is 0 Å². The second-order valence-electron chi connectivity index (χ2n) is 5.83. The number of methoxy groups -OCH3 is 1. The van der Waals surface area contributed by atoms with Crippen molar-refractivity contribution in [2.45, 2.75) is 19.4 Å². The van der Waals surface area contributed by atoms with Crippen LogP contribution in [0, 0.1) is 0 Å². The van der Waals surface area contributed by atoms with Crippen molar-refractivity contribution in [1.29, 1.82) is 0 Å². The Balaban J connectivity index is 2.33. The number of carbonyl (C=O) groups is 1. The number of carboxylic acids is 1. The summed E-state index contributed by atoms with van der Waals surface area (Å²) in [7, 11) is 3.27. The predicted molar refractivity (Wildman–Crippen MR) is 90.9 cm³/mol. The lowest BCUT2D eigenvalue weighted by Gasteiger charge is -2.15. The second kappa shape index (κ2) is 5.96. The third-order valence-corrected chi connectivity index (χ3v) is 4.24.